The maximum atomic E-state index is 16.7. The second-order valence-corrected chi connectivity index (χ2v) is 18.6. The minimum atomic E-state index is -3.48. The number of benzene rings is 9. The Balaban J connectivity index is 1.19. The van der Waals surface area contributed by atoms with Crippen LogP contribution in [0.15, 0.2) is 217 Å². The average molecular weight is 803 g/mol. The van der Waals surface area contributed by atoms with Crippen LogP contribution in [0, 0.1) is 0 Å². The second kappa shape index (κ2) is 12.7. The summed E-state index contributed by atoms with van der Waals surface area (Å²) in [5.41, 5.74) is 10.9. The van der Waals surface area contributed by atoms with Crippen LogP contribution < -0.4 is 30.5 Å². The maximum absolute atomic E-state index is 16.7. The Labute approximate surface area is 352 Å². The number of rotatable bonds is 3. The third-order valence-corrected chi connectivity index (χ3v) is 16.0. The highest BCUT2D eigenvalue weighted by atomic mass is 31.2. The predicted octanol–water partition coefficient (Wildman–Crippen LogP) is 13.3. The Hall–Kier alpha value is -7.59. The highest BCUT2D eigenvalue weighted by Gasteiger charge is 2.55. The van der Waals surface area contributed by atoms with Crippen LogP contribution in [0.2, 0.25) is 0 Å². The van der Waals surface area contributed by atoms with Gasteiger partial charge in [-0.25, -0.2) is 0 Å². The van der Waals surface area contributed by atoms with Crippen LogP contribution in [-0.2, 0) is 9.98 Å². The number of hydrogen-bond acceptors (Lipinski definition) is 5. The summed E-state index contributed by atoms with van der Waals surface area (Å²) >= 11 is 0. The van der Waals surface area contributed by atoms with Crippen LogP contribution in [0.1, 0.15) is 22.3 Å². The van der Waals surface area contributed by atoms with Gasteiger partial charge in [-0.05, 0) is 95.1 Å². The molecule has 0 amide bonds. The molecule has 0 bridgehead atoms. The Morgan fingerprint density at radius 3 is 1.75 bits per heavy atom. The molecule has 0 aliphatic carbocycles. The molecule has 0 saturated heterocycles. The minimum absolute atomic E-state index is 0.723. The molecule has 10 aromatic rings. The molecule has 1 spiro atoms. The van der Waals surface area contributed by atoms with Crippen molar-refractivity contribution in [2.45, 2.75) is 5.41 Å². The fourth-order valence-corrected chi connectivity index (χ4v) is 13.6. The highest BCUT2D eigenvalue weighted by Crippen LogP contribution is 2.64. The molecule has 4 heterocycles. The van der Waals surface area contributed by atoms with Gasteiger partial charge >= 0.3 is 0 Å². The fourth-order valence-electron chi connectivity index (χ4n) is 10.4. The van der Waals surface area contributed by atoms with Crippen LogP contribution in [0.4, 0.5) is 34.1 Å². The summed E-state index contributed by atoms with van der Waals surface area (Å²) in [5.74, 6) is 1.59. The minimum Gasteiger partial charge on any atom is -0.456 e. The van der Waals surface area contributed by atoms with Gasteiger partial charge in [0.15, 0.2) is 18.6 Å². The molecule has 288 valence electrons. The largest absolute Gasteiger partial charge is 0.456 e. The summed E-state index contributed by atoms with van der Waals surface area (Å²) < 4.78 is 29.8. The van der Waals surface area contributed by atoms with Gasteiger partial charge in [0.1, 0.15) is 11.2 Å². The third-order valence-electron chi connectivity index (χ3n) is 12.9. The van der Waals surface area contributed by atoms with Crippen molar-refractivity contribution in [1.29, 1.82) is 0 Å². The first-order valence-corrected chi connectivity index (χ1v) is 22.3. The number of furan rings is 1. The van der Waals surface area contributed by atoms with E-state index >= 15 is 4.57 Å². The molecule has 3 aliphatic heterocycles. The molecule has 6 heteroatoms. The first-order chi connectivity index (χ1) is 30.1. The van der Waals surface area contributed by atoms with E-state index in [-0.39, 0.29) is 0 Å². The van der Waals surface area contributed by atoms with E-state index in [0.29, 0.717) is 0 Å². The fraction of sp³-hybridized carbons (Fsp3) is 0.0182. The van der Waals surface area contributed by atoms with Crippen LogP contribution in [0.25, 0.3) is 21.9 Å². The van der Waals surface area contributed by atoms with Gasteiger partial charge in [-0.3, -0.25) is 0 Å². The van der Waals surface area contributed by atoms with Crippen molar-refractivity contribution in [3.63, 3.8) is 0 Å². The molecule has 1 aromatic heterocycles. The third kappa shape index (κ3) is 4.59. The molecule has 61 heavy (non-hydrogen) atoms. The smallest absolute Gasteiger partial charge is 0.171 e. The summed E-state index contributed by atoms with van der Waals surface area (Å²) in [6, 6.07) is 73.8. The highest BCUT2D eigenvalue weighted by molar-refractivity contribution is 7.85. The van der Waals surface area contributed by atoms with Crippen LogP contribution in [0.3, 0.4) is 0 Å². The standard InChI is InChI=1S/C55H35N2O3P/c58-61(38-19-5-2-6-20-38)53-30-16-9-23-43(53)55(44-34-40-39-21-7-13-27-49(39)59-52(40)35-54(44)61)41-22-8-10-24-45(41)56(36-17-3-1-4-18-36)48-33-37(31-32-42(48)55)57-46-25-11-14-28-50(46)60-51-29-15-12-26-47(51)57/h1-35H. The SMILES string of the molecule is O=P1(c2ccccc2)c2ccccc2C2(c3ccccc3N(c3ccccc3)c3cc(N4c5ccccc5Oc5ccccc54)ccc32)c2cc3c(cc21)oc1ccccc13. The van der Waals surface area contributed by atoms with E-state index in [9.17, 15) is 0 Å². The van der Waals surface area contributed by atoms with Crippen molar-refractivity contribution in [3.05, 3.63) is 235 Å². The van der Waals surface area contributed by atoms with E-state index in [1.807, 2.05) is 72.8 Å². The zero-order valence-corrected chi connectivity index (χ0v) is 33.7. The Morgan fingerprint density at radius 1 is 0.393 bits per heavy atom. The number of fused-ring (bicyclic) bond motifs is 13. The number of anilines is 6. The molecule has 2 unspecified atom stereocenters. The topological polar surface area (TPSA) is 45.9 Å². The summed E-state index contributed by atoms with van der Waals surface area (Å²) in [5, 5.41) is 4.44. The molecule has 3 aliphatic rings. The lowest BCUT2D eigenvalue weighted by atomic mass is 9.62. The van der Waals surface area contributed by atoms with Gasteiger partial charge < -0.3 is 23.5 Å². The lowest BCUT2D eigenvalue weighted by Gasteiger charge is -2.50. The van der Waals surface area contributed by atoms with Crippen molar-refractivity contribution >= 4 is 79.1 Å². The van der Waals surface area contributed by atoms with Gasteiger partial charge in [-0.2, -0.15) is 0 Å². The molecule has 13 rings (SSSR count). The van der Waals surface area contributed by atoms with Crippen molar-refractivity contribution in [2.75, 3.05) is 9.80 Å². The van der Waals surface area contributed by atoms with Crippen LogP contribution >= 0.6 is 7.14 Å². The summed E-state index contributed by atoms with van der Waals surface area (Å²) in [4.78, 5) is 4.70. The monoisotopic (exact) mass is 802 g/mol. The van der Waals surface area contributed by atoms with Gasteiger partial charge in [0.05, 0.1) is 28.2 Å². The molecular weight excluding hydrogens is 768 g/mol. The van der Waals surface area contributed by atoms with E-state index < -0.39 is 12.6 Å². The Morgan fingerprint density at radius 2 is 0.984 bits per heavy atom. The van der Waals surface area contributed by atoms with E-state index in [1.165, 1.54) is 0 Å². The van der Waals surface area contributed by atoms with E-state index in [1.54, 1.807) is 0 Å². The predicted molar refractivity (Wildman–Crippen MR) is 248 cm³/mol. The summed E-state index contributed by atoms with van der Waals surface area (Å²) in [6.07, 6.45) is 0. The molecular formula is C55H35N2O3P. The van der Waals surface area contributed by atoms with E-state index in [4.69, 9.17) is 9.15 Å². The van der Waals surface area contributed by atoms with Gasteiger partial charge in [0.2, 0.25) is 0 Å². The number of para-hydroxylation sites is 7. The number of hydrogen-bond donors (Lipinski definition) is 0. The molecule has 2 atom stereocenters. The summed E-state index contributed by atoms with van der Waals surface area (Å²) in [6.45, 7) is 0. The lowest BCUT2D eigenvalue weighted by Crippen LogP contribution is -2.49. The quantitative estimate of drug-likeness (QED) is 0.167. The molecule has 9 aromatic carbocycles. The molecule has 0 N–H and O–H groups in total. The van der Waals surface area contributed by atoms with Gasteiger partial charge in [0.25, 0.3) is 0 Å². The van der Waals surface area contributed by atoms with Gasteiger partial charge in [-0.15, -0.1) is 0 Å². The molecule has 0 saturated carbocycles. The summed E-state index contributed by atoms with van der Waals surface area (Å²) in [7, 11) is -3.48. The normalized spacial score (nSPS) is 18.1. The van der Waals surface area contributed by atoms with Crippen LogP contribution in [0.5, 0.6) is 11.5 Å². The number of nitrogens with zero attached hydrogens (tertiary/aromatic N) is 2. The van der Waals surface area contributed by atoms with Crippen molar-refractivity contribution < 1.29 is 13.7 Å². The van der Waals surface area contributed by atoms with Crippen molar-refractivity contribution in [3.8, 4) is 11.5 Å². The van der Waals surface area contributed by atoms with Gasteiger partial charge in [0, 0.05) is 38.1 Å². The first kappa shape index (κ1) is 34.3. The van der Waals surface area contributed by atoms with E-state index in [0.717, 1.165) is 106 Å². The zero-order valence-electron chi connectivity index (χ0n) is 32.8. The molecule has 5 nitrogen and oxygen atoms in total. The molecule has 0 radical (unpaired) electrons. The Kier molecular flexibility index (Phi) is 7.14. The number of ether oxygens (including phenoxy) is 1. The van der Waals surface area contributed by atoms with E-state index in [2.05, 4.69) is 149 Å². The lowest BCUT2D eigenvalue weighted by molar-refractivity contribution is 0.477. The van der Waals surface area contributed by atoms with Crippen LogP contribution in [-0.4, -0.2) is 0 Å². The Bertz CT molecular complexity index is 3420. The van der Waals surface area contributed by atoms with Crippen molar-refractivity contribution in [1.82, 2.24) is 0 Å². The van der Waals surface area contributed by atoms with Crippen molar-refractivity contribution in [2.24, 2.45) is 0 Å². The average Bonchev–Trinajstić information content (AvgIpc) is 3.70. The maximum Gasteiger partial charge on any atom is 0.171 e. The molecule has 0 fully saturated rings. The zero-order chi connectivity index (χ0) is 40.3. The first-order valence-electron chi connectivity index (χ1n) is 20.6. The second-order valence-electron chi connectivity index (χ2n) is 15.9. The van der Waals surface area contributed by atoms with Gasteiger partial charge in [-0.1, -0.05) is 140 Å².